The Kier molecular flexibility index (Phi) is 5.39. The number of hydrogen-bond donors (Lipinski definition) is 3. The molecule has 0 aliphatic heterocycles. The number of aliphatic hydroxyl groups excluding tert-OH is 1. The Hall–Kier alpha value is -1.36. The molecule has 0 bridgehead atoms. The van der Waals surface area contributed by atoms with Gasteiger partial charge in [0.05, 0.1) is 0 Å². The lowest BCUT2D eigenvalue weighted by Crippen LogP contribution is -2.28. The molecule has 2 rings (SSSR count). The second-order valence-corrected chi connectivity index (χ2v) is 5.16. The minimum Gasteiger partial charge on any atom is -0.396 e. The van der Waals surface area contributed by atoms with E-state index >= 15 is 0 Å². The second-order valence-electron chi connectivity index (χ2n) is 5.16. The molecule has 1 aliphatic carbocycles. The summed E-state index contributed by atoms with van der Waals surface area (Å²) in [5.41, 5.74) is 0. The van der Waals surface area contributed by atoms with Crippen LogP contribution in [0.4, 0.5) is 11.8 Å². The second kappa shape index (κ2) is 7.28. The van der Waals surface area contributed by atoms with Crippen molar-refractivity contribution in [3.63, 3.8) is 0 Å². The van der Waals surface area contributed by atoms with Crippen LogP contribution in [-0.2, 0) is 0 Å². The highest BCUT2D eigenvalue weighted by molar-refractivity contribution is 5.39. The summed E-state index contributed by atoms with van der Waals surface area (Å²) < 4.78 is 0. The maximum absolute atomic E-state index is 9.41. The zero-order valence-corrected chi connectivity index (χ0v) is 11.6. The monoisotopic (exact) mass is 264 g/mol. The summed E-state index contributed by atoms with van der Waals surface area (Å²) in [5.74, 6) is 2.51. The molecule has 0 radical (unpaired) electrons. The number of nitrogens with one attached hydrogen (secondary N) is 2. The van der Waals surface area contributed by atoms with Crippen molar-refractivity contribution in [3.8, 4) is 0 Å². The van der Waals surface area contributed by atoms with Gasteiger partial charge in [0.1, 0.15) is 5.82 Å². The van der Waals surface area contributed by atoms with Gasteiger partial charge in [-0.25, -0.2) is 4.98 Å². The molecule has 5 heteroatoms. The number of aliphatic hydroxyl groups is 1. The number of nitrogens with zero attached hydrogens (tertiary/aromatic N) is 2. The molecule has 19 heavy (non-hydrogen) atoms. The average molecular weight is 264 g/mol. The number of aromatic nitrogens is 2. The van der Waals surface area contributed by atoms with E-state index in [0.29, 0.717) is 24.4 Å². The summed E-state index contributed by atoms with van der Waals surface area (Å²) >= 11 is 0. The molecule has 0 spiro atoms. The van der Waals surface area contributed by atoms with E-state index in [1.54, 1.807) is 6.20 Å². The summed E-state index contributed by atoms with van der Waals surface area (Å²) in [5, 5.41) is 15.9. The van der Waals surface area contributed by atoms with E-state index < -0.39 is 0 Å². The highest BCUT2D eigenvalue weighted by Crippen LogP contribution is 2.29. The third-order valence-corrected chi connectivity index (χ3v) is 3.84. The van der Waals surface area contributed by atoms with Gasteiger partial charge in [0.25, 0.3) is 0 Å². The predicted molar refractivity (Wildman–Crippen MR) is 77.2 cm³/mol. The Labute approximate surface area is 114 Å². The van der Waals surface area contributed by atoms with Crippen LogP contribution in [0.3, 0.4) is 0 Å². The van der Waals surface area contributed by atoms with Crippen LogP contribution >= 0.6 is 0 Å². The fourth-order valence-corrected chi connectivity index (χ4v) is 2.73. The van der Waals surface area contributed by atoms with Gasteiger partial charge in [0, 0.05) is 25.9 Å². The molecule has 2 atom stereocenters. The molecule has 0 amide bonds. The molecule has 1 aromatic heterocycles. The molecule has 2 unspecified atom stereocenters. The lowest BCUT2D eigenvalue weighted by Gasteiger charge is -2.30. The average Bonchev–Trinajstić information content (AvgIpc) is 2.46. The van der Waals surface area contributed by atoms with Crippen LogP contribution in [0.15, 0.2) is 12.3 Å². The van der Waals surface area contributed by atoms with Crippen molar-refractivity contribution < 1.29 is 5.11 Å². The van der Waals surface area contributed by atoms with E-state index in [2.05, 4.69) is 20.6 Å². The first-order valence-corrected chi connectivity index (χ1v) is 7.25. The molecule has 1 fully saturated rings. The first-order chi connectivity index (χ1) is 9.33. The zero-order valence-electron chi connectivity index (χ0n) is 11.6. The summed E-state index contributed by atoms with van der Waals surface area (Å²) in [6, 6.07) is 1.89. The largest absolute Gasteiger partial charge is 0.396 e. The molecular weight excluding hydrogens is 240 g/mol. The third kappa shape index (κ3) is 4.06. The summed E-state index contributed by atoms with van der Waals surface area (Å²) in [4.78, 5) is 8.55. The Balaban J connectivity index is 1.88. The fraction of sp³-hybridized carbons (Fsp3) is 0.714. The van der Waals surface area contributed by atoms with Gasteiger partial charge in [-0.2, -0.15) is 4.98 Å². The third-order valence-electron chi connectivity index (χ3n) is 3.84. The van der Waals surface area contributed by atoms with Crippen molar-refractivity contribution in [3.05, 3.63) is 12.3 Å². The molecule has 3 N–H and O–H groups in total. The maximum atomic E-state index is 9.41. The molecule has 0 aromatic carbocycles. The van der Waals surface area contributed by atoms with Gasteiger partial charge in [-0.1, -0.05) is 12.8 Å². The molecule has 1 saturated carbocycles. The van der Waals surface area contributed by atoms with Crippen LogP contribution in [0.2, 0.25) is 0 Å². The Morgan fingerprint density at radius 3 is 2.79 bits per heavy atom. The van der Waals surface area contributed by atoms with Crippen LogP contribution in [0.1, 0.15) is 32.6 Å². The fourth-order valence-electron chi connectivity index (χ4n) is 2.73. The predicted octanol–water partition coefficient (Wildman–Crippen LogP) is 2.12. The molecule has 1 heterocycles. The lowest BCUT2D eigenvalue weighted by atomic mass is 9.79. The first kappa shape index (κ1) is 14.1. The first-order valence-electron chi connectivity index (χ1n) is 7.25. The highest BCUT2D eigenvalue weighted by Gasteiger charge is 2.24. The summed E-state index contributed by atoms with van der Waals surface area (Å²) in [6.45, 7) is 4.03. The highest BCUT2D eigenvalue weighted by atomic mass is 16.3. The van der Waals surface area contributed by atoms with Crippen LogP contribution in [0.25, 0.3) is 0 Å². The number of anilines is 2. The van der Waals surface area contributed by atoms with Gasteiger partial charge < -0.3 is 15.7 Å². The molecule has 106 valence electrons. The SMILES string of the molecule is CCNc1nccc(NCC2CCCCC2CO)n1. The Morgan fingerprint density at radius 1 is 1.26 bits per heavy atom. The van der Waals surface area contributed by atoms with Gasteiger partial charge in [0.2, 0.25) is 5.95 Å². The topological polar surface area (TPSA) is 70.1 Å². The van der Waals surface area contributed by atoms with E-state index in [1.165, 1.54) is 19.3 Å². The minimum absolute atomic E-state index is 0.304. The van der Waals surface area contributed by atoms with Crippen LogP contribution in [0.5, 0.6) is 0 Å². The van der Waals surface area contributed by atoms with E-state index in [9.17, 15) is 5.11 Å². The van der Waals surface area contributed by atoms with Gasteiger partial charge in [-0.3, -0.25) is 0 Å². The molecule has 5 nitrogen and oxygen atoms in total. The lowest BCUT2D eigenvalue weighted by molar-refractivity contribution is 0.141. The molecular formula is C14H24N4O. The normalized spacial score (nSPS) is 23.1. The smallest absolute Gasteiger partial charge is 0.224 e. The van der Waals surface area contributed by atoms with Crippen molar-refractivity contribution in [1.82, 2.24) is 9.97 Å². The number of rotatable bonds is 6. The van der Waals surface area contributed by atoms with E-state index in [1.807, 2.05) is 13.0 Å². The van der Waals surface area contributed by atoms with E-state index in [0.717, 1.165) is 25.3 Å². The van der Waals surface area contributed by atoms with Crippen molar-refractivity contribution in [2.75, 3.05) is 30.3 Å². The van der Waals surface area contributed by atoms with Gasteiger partial charge in [0.15, 0.2) is 0 Å². The number of hydrogen-bond acceptors (Lipinski definition) is 5. The van der Waals surface area contributed by atoms with Crippen molar-refractivity contribution >= 4 is 11.8 Å². The van der Waals surface area contributed by atoms with Crippen molar-refractivity contribution in [2.45, 2.75) is 32.6 Å². The minimum atomic E-state index is 0.304. The van der Waals surface area contributed by atoms with Crippen LogP contribution < -0.4 is 10.6 Å². The van der Waals surface area contributed by atoms with Gasteiger partial charge in [-0.15, -0.1) is 0 Å². The Bertz CT molecular complexity index is 385. The Morgan fingerprint density at radius 2 is 2.05 bits per heavy atom. The summed E-state index contributed by atoms with van der Waals surface area (Å²) in [6.07, 6.45) is 6.63. The zero-order chi connectivity index (χ0) is 13.5. The summed E-state index contributed by atoms with van der Waals surface area (Å²) in [7, 11) is 0. The van der Waals surface area contributed by atoms with E-state index in [4.69, 9.17) is 0 Å². The quantitative estimate of drug-likeness (QED) is 0.734. The van der Waals surface area contributed by atoms with Gasteiger partial charge >= 0.3 is 0 Å². The van der Waals surface area contributed by atoms with Crippen molar-refractivity contribution in [2.24, 2.45) is 11.8 Å². The molecule has 1 aliphatic rings. The maximum Gasteiger partial charge on any atom is 0.224 e. The molecule has 1 aromatic rings. The van der Waals surface area contributed by atoms with Crippen LogP contribution in [0, 0.1) is 11.8 Å². The van der Waals surface area contributed by atoms with Crippen molar-refractivity contribution in [1.29, 1.82) is 0 Å². The molecule has 0 saturated heterocycles. The standard InChI is InChI=1S/C14H24N4O/c1-2-15-14-16-8-7-13(18-14)17-9-11-5-3-4-6-12(11)10-19/h7-8,11-12,19H,2-6,9-10H2,1H3,(H2,15,16,17,18). The van der Waals surface area contributed by atoms with E-state index in [-0.39, 0.29) is 0 Å². The van der Waals surface area contributed by atoms with Gasteiger partial charge in [-0.05, 0) is 37.7 Å². The van der Waals surface area contributed by atoms with Crippen LogP contribution in [-0.4, -0.2) is 34.8 Å².